The highest BCUT2D eigenvalue weighted by molar-refractivity contribution is 7.89. The molecular formula is C24H28N2O3S. The molecule has 1 atom stereocenters. The zero-order chi connectivity index (χ0) is 21.9. The van der Waals surface area contributed by atoms with Gasteiger partial charge in [0.25, 0.3) is 0 Å². The van der Waals surface area contributed by atoms with Gasteiger partial charge in [0.15, 0.2) is 0 Å². The zero-order valence-electron chi connectivity index (χ0n) is 17.8. The molecule has 0 saturated carbocycles. The van der Waals surface area contributed by atoms with Gasteiger partial charge >= 0.3 is 0 Å². The lowest BCUT2D eigenvalue weighted by molar-refractivity contribution is 0.215. The van der Waals surface area contributed by atoms with Gasteiger partial charge in [0.2, 0.25) is 10.0 Å². The number of pyridine rings is 1. The van der Waals surface area contributed by atoms with Gasteiger partial charge in [-0.05, 0) is 48.7 Å². The zero-order valence-corrected chi connectivity index (χ0v) is 18.6. The van der Waals surface area contributed by atoms with E-state index < -0.39 is 16.1 Å². The first-order valence-corrected chi connectivity index (χ1v) is 11.6. The molecule has 0 fully saturated rings. The van der Waals surface area contributed by atoms with E-state index in [2.05, 4.69) is 4.98 Å². The van der Waals surface area contributed by atoms with E-state index in [1.54, 1.807) is 30.5 Å². The number of nitrogens with zero attached hydrogens (tertiary/aromatic N) is 2. The molecule has 2 heterocycles. The molecule has 0 amide bonds. The van der Waals surface area contributed by atoms with Gasteiger partial charge in [0, 0.05) is 19.3 Å². The summed E-state index contributed by atoms with van der Waals surface area (Å²) in [4.78, 5) is 4.68. The molecule has 1 aliphatic heterocycles. The molecule has 0 spiro atoms. The Morgan fingerprint density at radius 2 is 1.60 bits per heavy atom. The van der Waals surface area contributed by atoms with Gasteiger partial charge in [-0.25, -0.2) is 8.42 Å². The number of benzene rings is 2. The van der Waals surface area contributed by atoms with Crippen LogP contribution in [-0.4, -0.2) is 22.8 Å². The van der Waals surface area contributed by atoms with Gasteiger partial charge in [-0.2, -0.15) is 4.31 Å². The van der Waals surface area contributed by atoms with Crippen LogP contribution in [0, 0.1) is 13.8 Å². The Morgan fingerprint density at radius 1 is 0.933 bits per heavy atom. The minimum atomic E-state index is -3.57. The smallest absolute Gasteiger partial charge is 0.243 e. The van der Waals surface area contributed by atoms with Crippen LogP contribution >= 0.6 is 0 Å². The molecule has 6 heteroatoms. The summed E-state index contributed by atoms with van der Waals surface area (Å²) in [5, 5.41) is 10.7. The first kappa shape index (κ1) is 22.2. The van der Waals surface area contributed by atoms with Gasteiger partial charge in [-0.15, -0.1) is 0 Å². The normalized spacial score (nSPS) is 14.6. The molecule has 1 aromatic heterocycles. The number of hydrogen-bond acceptors (Lipinski definition) is 4. The highest BCUT2D eigenvalue weighted by Gasteiger charge is 2.31. The maximum absolute atomic E-state index is 12.9. The monoisotopic (exact) mass is 424 g/mol. The van der Waals surface area contributed by atoms with E-state index in [0.29, 0.717) is 17.1 Å². The topological polar surface area (TPSA) is 70.5 Å². The number of rotatable bonds is 4. The number of aryl methyl sites for hydroxylation is 2. The van der Waals surface area contributed by atoms with Crippen LogP contribution in [0.1, 0.15) is 53.5 Å². The van der Waals surface area contributed by atoms with Crippen molar-refractivity contribution in [1.82, 2.24) is 9.29 Å². The predicted molar refractivity (Wildman–Crippen MR) is 118 cm³/mol. The average molecular weight is 425 g/mol. The Morgan fingerprint density at radius 3 is 2.27 bits per heavy atom. The quantitative estimate of drug-likeness (QED) is 0.669. The fourth-order valence-electron chi connectivity index (χ4n) is 3.46. The van der Waals surface area contributed by atoms with Crippen molar-refractivity contribution in [3.63, 3.8) is 0 Å². The number of sulfonamides is 1. The van der Waals surface area contributed by atoms with Crippen LogP contribution in [0.25, 0.3) is 0 Å². The lowest BCUT2D eigenvalue weighted by Crippen LogP contribution is -2.25. The average Bonchev–Trinajstić information content (AvgIpc) is 3.19. The predicted octanol–water partition coefficient (Wildman–Crippen LogP) is 4.51. The van der Waals surface area contributed by atoms with Crippen LogP contribution < -0.4 is 0 Å². The van der Waals surface area contributed by atoms with Crippen LogP contribution in [0.5, 0.6) is 0 Å². The third-order valence-corrected chi connectivity index (χ3v) is 6.90. The van der Waals surface area contributed by atoms with E-state index in [9.17, 15) is 13.5 Å². The van der Waals surface area contributed by atoms with Crippen molar-refractivity contribution >= 4 is 10.0 Å². The molecule has 1 N–H and O–H groups in total. The van der Waals surface area contributed by atoms with Crippen molar-refractivity contribution < 1.29 is 13.5 Å². The Kier molecular flexibility index (Phi) is 6.71. The van der Waals surface area contributed by atoms with Gasteiger partial charge < -0.3 is 5.11 Å². The Labute approximate surface area is 179 Å². The summed E-state index contributed by atoms with van der Waals surface area (Å²) in [5.41, 5.74) is 5.13. The largest absolute Gasteiger partial charge is 0.382 e. The van der Waals surface area contributed by atoms with Gasteiger partial charge in [0.05, 0.1) is 10.6 Å². The lowest BCUT2D eigenvalue weighted by atomic mass is 10.0. The second-order valence-electron chi connectivity index (χ2n) is 7.28. The molecule has 0 saturated heterocycles. The van der Waals surface area contributed by atoms with Crippen LogP contribution in [0.15, 0.2) is 65.7 Å². The molecule has 3 aromatic rings. The first-order valence-electron chi connectivity index (χ1n) is 10.1. The van der Waals surface area contributed by atoms with Crippen LogP contribution in [0.4, 0.5) is 0 Å². The summed E-state index contributed by atoms with van der Waals surface area (Å²) >= 11 is 0. The fourth-order valence-corrected chi connectivity index (χ4v) is 4.86. The standard InChI is InChI=1S/C22H22N2O3S.C2H6/c1-15-6-8-20(9-7-15)28(26,27)24-13-18-11-21(23-12-19(18)14-24)22(25)17-5-3-4-16(2)10-17;1-2/h3-12,22,25H,13-14H2,1-2H3;1-2H3/t22-;/m1./s1. The maximum atomic E-state index is 12.9. The number of aliphatic hydroxyl groups is 1. The third-order valence-electron chi connectivity index (χ3n) is 5.09. The van der Waals surface area contributed by atoms with Crippen LogP contribution in [0.2, 0.25) is 0 Å². The Hall–Kier alpha value is -2.54. The van der Waals surface area contributed by atoms with Gasteiger partial charge in [0.1, 0.15) is 6.10 Å². The molecule has 1 aliphatic rings. The highest BCUT2D eigenvalue weighted by atomic mass is 32.2. The SMILES string of the molecule is CC.Cc1ccc(S(=O)(=O)N2Cc3cnc([C@H](O)c4cccc(C)c4)cc3C2)cc1. The first-order chi connectivity index (χ1) is 14.3. The molecule has 0 unspecified atom stereocenters. The maximum Gasteiger partial charge on any atom is 0.243 e. The van der Waals surface area contributed by atoms with Crippen LogP contribution in [0.3, 0.4) is 0 Å². The number of hydrogen-bond donors (Lipinski definition) is 1. The van der Waals surface area contributed by atoms with E-state index in [1.165, 1.54) is 4.31 Å². The van der Waals surface area contributed by atoms with Crippen molar-refractivity contribution in [2.24, 2.45) is 0 Å². The highest BCUT2D eigenvalue weighted by Crippen LogP contribution is 2.31. The van der Waals surface area contributed by atoms with Crippen LogP contribution in [-0.2, 0) is 23.1 Å². The minimum absolute atomic E-state index is 0.279. The van der Waals surface area contributed by atoms with E-state index in [1.807, 2.05) is 58.0 Å². The molecule has 158 valence electrons. The number of aromatic nitrogens is 1. The summed E-state index contributed by atoms with van der Waals surface area (Å²) in [7, 11) is -3.57. The fraction of sp³-hybridized carbons (Fsp3) is 0.292. The summed E-state index contributed by atoms with van der Waals surface area (Å²) in [6.07, 6.45) is 0.835. The van der Waals surface area contributed by atoms with Crippen molar-refractivity contribution in [3.8, 4) is 0 Å². The summed E-state index contributed by atoms with van der Waals surface area (Å²) in [6.45, 7) is 8.47. The van der Waals surface area contributed by atoms with E-state index >= 15 is 0 Å². The van der Waals surface area contributed by atoms with Crippen molar-refractivity contribution in [3.05, 3.63) is 94.3 Å². The van der Waals surface area contributed by atoms with Crippen molar-refractivity contribution in [1.29, 1.82) is 0 Å². The van der Waals surface area contributed by atoms with E-state index in [4.69, 9.17) is 0 Å². The lowest BCUT2D eigenvalue weighted by Gasteiger charge is -2.15. The molecule has 5 nitrogen and oxygen atoms in total. The van der Waals surface area contributed by atoms with Crippen molar-refractivity contribution in [2.75, 3.05) is 0 Å². The summed E-state index contributed by atoms with van der Waals surface area (Å²) in [5.74, 6) is 0. The van der Waals surface area contributed by atoms with E-state index in [0.717, 1.165) is 27.8 Å². The second kappa shape index (κ2) is 9.08. The molecule has 4 rings (SSSR count). The minimum Gasteiger partial charge on any atom is -0.382 e. The molecule has 0 radical (unpaired) electrons. The molecular weight excluding hydrogens is 396 g/mol. The third kappa shape index (κ3) is 4.46. The van der Waals surface area contributed by atoms with E-state index in [-0.39, 0.29) is 6.54 Å². The molecule has 0 aliphatic carbocycles. The second-order valence-corrected chi connectivity index (χ2v) is 9.22. The molecule has 0 bridgehead atoms. The Balaban J connectivity index is 0.00000124. The Bertz CT molecular complexity index is 1130. The number of aliphatic hydroxyl groups excluding tert-OH is 1. The molecule has 2 aromatic carbocycles. The summed E-state index contributed by atoms with van der Waals surface area (Å²) in [6, 6.07) is 16.3. The molecule has 30 heavy (non-hydrogen) atoms. The summed E-state index contributed by atoms with van der Waals surface area (Å²) < 4.78 is 27.3. The van der Waals surface area contributed by atoms with Crippen molar-refractivity contribution in [2.45, 2.75) is 51.8 Å². The van der Waals surface area contributed by atoms with Gasteiger partial charge in [-0.1, -0.05) is 61.4 Å². The number of fused-ring (bicyclic) bond motifs is 1. The van der Waals surface area contributed by atoms with Gasteiger partial charge in [-0.3, -0.25) is 4.98 Å².